The third kappa shape index (κ3) is 3.13. The maximum atomic E-state index is 12.7. The Morgan fingerprint density at radius 3 is 2.52 bits per heavy atom. The molecule has 120 valence electrons. The monoisotopic (exact) mass is 322 g/mol. The van der Waals surface area contributed by atoms with E-state index in [0.29, 0.717) is 24.2 Å². The topological polar surface area (TPSA) is 53.4 Å². The lowest BCUT2D eigenvalue weighted by Gasteiger charge is -2.38. The molecule has 0 amide bonds. The highest BCUT2D eigenvalue weighted by Crippen LogP contribution is 2.32. The molecule has 2 heterocycles. The summed E-state index contributed by atoms with van der Waals surface area (Å²) in [7, 11) is 0. The lowest BCUT2D eigenvalue weighted by molar-refractivity contribution is -0.142. The van der Waals surface area contributed by atoms with E-state index in [2.05, 4.69) is 4.98 Å². The standard InChI is InChI=1S/C16H13F3N2O2/c17-16(18,19)14-7-11(4-5-20-14)10-2-1-3-13(6-10)21-8-12(9-21)15(22)23/h1-7,12H,8-9H2,(H,22,23). The zero-order valence-corrected chi connectivity index (χ0v) is 11.9. The van der Waals surface area contributed by atoms with Crippen molar-refractivity contribution in [2.24, 2.45) is 5.92 Å². The van der Waals surface area contributed by atoms with Crippen LogP contribution in [0.5, 0.6) is 0 Å². The van der Waals surface area contributed by atoms with E-state index in [4.69, 9.17) is 5.11 Å². The molecule has 1 aromatic carbocycles. The SMILES string of the molecule is O=C(O)C1CN(c2cccc(-c3ccnc(C(F)(F)F)c3)c2)C1. The highest BCUT2D eigenvalue weighted by molar-refractivity contribution is 5.76. The first-order chi connectivity index (χ1) is 10.8. The largest absolute Gasteiger partial charge is 0.481 e. The second kappa shape index (κ2) is 5.57. The molecule has 0 spiro atoms. The zero-order valence-electron chi connectivity index (χ0n) is 11.9. The first-order valence-electron chi connectivity index (χ1n) is 6.96. The minimum Gasteiger partial charge on any atom is -0.481 e. The number of nitrogens with zero attached hydrogens (tertiary/aromatic N) is 2. The van der Waals surface area contributed by atoms with Crippen LogP contribution in [0.25, 0.3) is 11.1 Å². The van der Waals surface area contributed by atoms with Crippen LogP contribution in [0, 0.1) is 5.92 Å². The number of carboxylic acids is 1. The van der Waals surface area contributed by atoms with Crippen LogP contribution in [-0.4, -0.2) is 29.1 Å². The third-order valence-corrected chi connectivity index (χ3v) is 3.83. The fourth-order valence-electron chi connectivity index (χ4n) is 2.49. The summed E-state index contributed by atoms with van der Waals surface area (Å²) in [5, 5.41) is 8.90. The number of aromatic nitrogens is 1. The van der Waals surface area contributed by atoms with Crippen LogP contribution in [-0.2, 0) is 11.0 Å². The van der Waals surface area contributed by atoms with Crippen molar-refractivity contribution in [3.63, 3.8) is 0 Å². The molecule has 0 saturated carbocycles. The molecule has 1 N–H and O–H groups in total. The van der Waals surface area contributed by atoms with Crippen LogP contribution in [0.1, 0.15) is 5.69 Å². The highest BCUT2D eigenvalue weighted by Gasteiger charge is 2.33. The minimum absolute atomic E-state index is 0.392. The molecule has 23 heavy (non-hydrogen) atoms. The Morgan fingerprint density at radius 2 is 1.87 bits per heavy atom. The van der Waals surface area contributed by atoms with Gasteiger partial charge in [0.1, 0.15) is 5.69 Å². The Labute approximate surface area is 130 Å². The predicted molar refractivity (Wildman–Crippen MR) is 78.0 cm³/mol. The van der Waals surface area contributed by atoms with Gasteiger partial charge in [-0.15, -0.1) is 0 Å². The number of rotatable bonds is 3. The number of pyridine rings is 1. The number of benzene rings is 1. The van der Waals surface area contributed by atoms with Gasteiger partial charge >= 0.3 is 12.1 Å². The van der Waals surface area contributed by atoms with Crippen LogP contribution in [0.3, 0.4) is 0 Å². The number of anilines is 1. The molecule has 1 aromatic heterocycles. The van der Waals surface area contributed by atoms with E-state index < -0.39 is 23.8 Å². The number of hydrogen-bond donors (Lipinski definition) is 1. The molecule has 0 atom stereocenters. The van der Waals surface area contributed by atoms with Crippen molar-refractivity contribution in [1.82, 2.24) is 4.98 Å². The Bertz CT molecular complexity index is 740. The molecular weight excluding hydrogens is 309 g/mol. The van der Waals surface area contributed by atoms with Gasteiger partial charge in [-0.2, -0.15) is 13.2 Å². The van der Waals surface area contributed by atoms with E-state index in [0.717, 1.165) is 18.0 Å². The Kier molecular flexibility index (Phi) is 3.71. The average Bonchev–Trinajstić information content (AvgIpc) is 2.45. The molecule has 1 saturated heterocycles. The number of hydrogen-bond acceptors (Lipinski definition) is 3. The average molecular weight is 322 g/mol. The van der Waals surface area contributed by atoms with Crippen molar-refractivity contribution in [3.8, 4) is 11.1 Å². The molecule has 1 fully saturated rings. The molecule has 0 aliphatic carbocycles. The van der Waals surface area contributed by atoms with Crippen molar-refractivity contribution in [2.75, 3.05) is 18.0 Å². The second-order valence-corrected chi connectivity index (χ2v) is 5.42. The summed E-state index contributed by atoms with van der Waals surface area (Å²) in [4.78, 5) is 16.1. The van der Waals surface area contributed by atoms with Gasteiger partial charge in [-0.25, -0.2) is 0 Å². The van der Waals surface area contributed by atoms with Crippen LogP contribution in [0.15, 0.2) is 42.6 Å². The van der Waals surface area contributed by atoms with Gasteiger partial charge in [0.05, 0.1) is 5.92 Å². The van der Waals surface area contributed by atoms with Crippen molar-refractivity contribution >= 4 is 11.7 Å². The maximum Gasteiger partial charge on any atom is 0.433 e. The molecule has 1 aliphatic heterocycles. The van der Waals surface area contributed by atoms with Gasteiger partial charge in [0.15, 0.2) is 0 Å². The fraction of sp³-hybridized carbons (Fsp3) is 0.250. The first kappa shape index (κ1) is 15.3. The number of alkyl halides is 3. The molecule has 4 nitrogen and oxygen atoms in total. The van der Waals surface area contributed by atoms with Gasteiger partial charge in [0, 0.05) is 25.0 Å². The molecule has 0 bridgehead atoms. The fourth-order valence-corrected chi connectivity index (χ4v) is 2.49. The lowest BCUT2D eigenvalue weighted by atomic mass is 9.98. The van der Waals surface area contributed by atoms with Gasteiger partial charge in [-0.1, -0.05) is 12.1 Å². The van der Waals surface area contributed by atoms with Gasteiger partial charge in [-0.3, -0.25) is 9.78 Å². The van der Waals surface area contributed by atoms with Crippen molar-refractivity contribution in [3.05, 3.63) is 48.3 Å². The normalized spacial score (nSPS) is 15.3. The van der Waals surface area contributed by atoms with Crippen LogP contribution >= 0.6 is 0 Å². The number of halogens is 3. The van der Waals surface area contributed by atoms with Crippen molar-refractivity contribution in [2.45, 2.75) is 6.18 Å². The Balaban J connectivity index is 1.85. The van der Waals surface area contributed by atoms with E-state index in [9.17, 15) is 18.0 Å². The van der Waals surface area contributed by atoms with E-state index in [1.807, 2.05) is 11.0 Å². The maximum absolute atomic E-state index is 12.7. The first-order valence-corrected chi connectivity index (χ1v) is 6.96. The van der Waals surface area contributed by atoms with Crippen LogP contribution < -0.4 is 4.90 Å². The van der Waals surface area contributed by atoms with Crippen LogP contribution in [0.4, 0.5) is 18.9 Å². The predicted octanol–water partition coefficient (Wildman–Crippen LogP) is 3.29. The van der Waals surface area contributed by atoms with Crippen molar-refractivity contribution < 1.29 is 23.1 Å². The summed E-state index contributed by atoms with van der Waals surface area (Å²) in [6.07, 6.45) is -3.35. The molecule has 0 radical (unpaired) electrons. The molecule has 3 rings (SSSR count). The van der Waals surface area contributed by atoms with Crippen molar-refractivity contribution in [1.29, 1.82) is 0 Å². The number of carboxylic acid groups (broad SMARTS) is 1. The summed E-state index contributed by atoms with van der Waals surface area (Å²) in [5.74, 6) is -1.22. The Hall–Kier alpha value is -2.57. The summed E-state index contributed by atoms with van der Waals surface area (Å²) in [5.41, 5.74) is 0.916. The molecule has 2 aromatic rings. The Morgan fingerprint density at radius 1 is 1.17 bits per heavy atom. The summed E-state index contributed by atoms with van der Waals surface area (Å²) >= 11 is 0. The van der Waals surface area contributed by atoms with E-state index in [-0.39, 0.29) is 0 Å². The van der Waals surface area contributed by atoms with E-state index >= 15 is 0 Å². The zero-order chi connectivity index (χ0) is 16.6. The van der Waals surface area contributed by atoms with E-state index in [1.165, 1.54) is 6.07 Å². The third-order valence-electron chi connectivity index (χ3n) is 3.83. The lowest BCUT2D eigenvalue weighted by Crippen LogP contribution is -2.50. The highest BCUT2D eigenvalue weighted by atomic mass is 19.4. The number of aliphatic carboxylic acids is 1. The minimum atomic E-state index is -4.49. The summed E-state index contributed by atoms with van der Waals surface area (Å²) in [6, 6.07) is 9.56. The quantitative estimate of drug-likeness (QED) is 0.942. The molecule has 7 heteroatoms. The molecule has 1 aliphatic rings. The van der Waals surface area contributed by atoms with Gasteiger partial charge < -0.3 is 10.0 Å². The van der Waals surface area contributed by atoms with Gasteiger partial charge in [0.2, 0.25) is 0 Å². The van der Waals surface area contributed by atoms with Crippen LogP contribution in [0.2, 0.25) is 0 Å². The molecule has 0 unspecified atom stereocenters. The molecular formula is C16H13F3N2O2. The second-order valence-electron chi connectivity index (χ2n) is 5.42. The van der Waals surface area contributed by atoms with Gasteiger partial charge in [0.25, 0.3) is 0 Å². The summed E-state index contributed by atoms with van der Waals surface area (Å²) < 4.78 is 38.2. The van der Waals surface area contributed by atoms with E-state index in [1.54, 1.807) is 18.2 Å². The number of carbonyl (C=O) groups is 1. The van der Waals surface area contributed by atoms with Gasteiger partial charge in [-0.05, 0) is 35.4 Å². The summed E-state index contributed by atoms with van der Waals surface area (Å²) in [6.45, 7) is 0.811. The smallest absolute Gasteiger partial charge is 0.433 e.